The lowest BCUT2D eigenvalue weighted by Gasteiger charge is -2.14. The van der Waals surface area contributed by atoms with Crippen molar-refractivity contribution in [3.05, 3.63) is 218 Å². The van der Waals surface area contributed by atoms with E-state index in [4.69, 9.17) is 19.9 Å². The summed E-state index contributed by atoms with van der Waals surface area (Å²) >= 11 is 1.85. The average molecular weight is 821 g/mol. The minimum absolute atomic E-state index is 0.627. The molecule has 4 nitrogen and oxygen atoms in total. The molecule has 294 valence electrons. The lowest BCUT2D eigenvalue weighted by atomic mass is 9.92. The molecule has 0 atom stereocenters. The van der Waals surface area contributed by atoms with Crippen LogP contribution in [-0.4, -0.2) is 19.9 Å². The molecular weight excluding hydrogens is 785 g/mol. The SMILES string of the molecule is c1ccc(-c2nc(-c3ccc(-c4cccc5c4sc4ccccc45)cc3)nc(-c3cccc(-c4ccc(-c5cccc6c(-c7ccccc7)nc7ccccc7c56)cc4)c3)n2)cc1. The van der Waals surface area contributed by atoms with Crippen molar-refractivity contribution in [1.82, 2.24) is 19.9 Å². The van der Waals surface area contributed by atoms with Gasteiger partial charge in [0.15, 0.2) is 17.5 Å². The van der Waals surface area contributed by atoms with E-state index in [1.165, 1.54) is 36.7 Å². The smallest absolute Gasteiger partial charge is 0.164 e. The number of thiophene rings is 1. The molecule has 0 bridgehead atoms. The fourth-order valence-electron chi connectivity index (χ4n) is 8.86. The van der Waals surface area contributed by atoms with Crippen molar-refractivity contribution in [2.24, 2.45) is 0 Å². The van der Waals surface area contributed by atoms with Crippen LogP contribution in [0.15, 0.2) is 218 Å². The van der Waals surface area contributed by atoms with E-state index in [9.17, 15) is 0 Å². The highest BCUT2D eigenvalue weighted by Gasteiger charge is 2.17. The molecule has 0 saturated carbocycles. The number of rotatable bonds is 7. The minimum Gasteiger partial charge on any atom is -0.247 e. The molecule has 3 aromatic heterocycles. The first-order valence-corrected chi connectivity index (χ1v) is 21.9. The largest absolute Gasteiger partial charge is 0.247 e. The first kappa shape index (κ1) is 36.7. The van der Waals surface area contributed by atoms with E-state index in [0.29, 0.717) is 17.5 Å². The molecule has 0 aliphatic carbocycles. The quantitative estimate of drug-likeness (QED) is 0.150. The van der Waals surface area contributed by atoms with Gasteiger partial charge in [0, 0.05) is 58.6 Å². The van der Waals surface area contributed by atoms with Crippen LogP contribution in [0.25, 0.3) is 121 Å². The van der Waals surface area contributed by atoms with Crippen LogP contribution in [0.1, 0.15) is 0 Å². The second kappa shape index (κ2) is 15.4. The van der Waals surface area contributed by atoms with Crippen LogP contribution in [-0.2, 0) is 0 Å². The van der Waals surface area contributed by atoms with Crippen LogP contribution >= 0.6 is 11.3 Å². The molecule has 0 spiro atoms. The Morgan fingerprint density at radius 2 is 0.778 bits per heavy atom. The van der Waals surface area contributed by atoms with E-state index in [-0.39, 0.29) is 0 Å². The molecule has 0 amide bonds. The van der Waals surface area contributed by atoms with Gasteiger partial charge in [0.2, 0.25) is 0 Å². The maximum absolute atomic E-state index is 5.16. The summed E-state index contributed by atoms with van der Waals surface area (Å²) in [5, 5.41) is 6.08. The van der Waals surface area contributed by atoms with Crippen molar-refractivity contribution in [1.29, 1.82) is 0 Å². The van der Waals surface area contributed by atoms with Crippen molar-refractivity contribution in [3.63, 3.8) is 0 Å². The van der Waals surface area contributed by atoms with Crippen LogP contribution in [0.4, 0.5) is 0 Å². The van der Waals surface area contributed by atoms with Gasteiger partial charge in [-0.05, 0) is 51.6 Å². The Labute approximate surface area is 368 Å². The summed E-state index contributed by atoms with van der Waals surface area (Å²) in [5.41, 5.74) is 12.8. The van der Waals surface area contributed by atoms with Gasteiger partial charge >= 0.3 is 0 Å². The molecule has 0 aliphatic heterocycles. The van der Waals surface area contributed by atoms with Crippen LogP contribution in [0.2, 0.25) is 0 Å². The van der Waals surface area contributed by atoms with Crippen molar-refractivity contribution in [2.45, 2.75) is 0 Å². The van der Waals surface area contributed by atoms with Gasteiger partial charge in [-0.3, -0.25) is 0 Å². The molecule has 3 heterocycles. The first-order valence-electron chi connectivity index (χ1n) is 21.1. The molecule has 0 saturated heterocycles. The number of hydrogen-bond donors (Lipinski definition) is 0. The summed E-state index contributed by atoms with van der Waals surface area (Å²) in [6, 6.07) is 76.9. The Balaban J connectivity index is 0.907. The molecule has 0 fully saturated rings. The van der Waals surface area contributed by atoms with E-state index in [0.717, 1.165) is 66.5 Å². The molecule has 0 radical (unpaired) electrons. The van der Waals surface area contributed by atoms with Crippen molar-refractivity contribution < 1.29 is 0 Å². The average Bonchev–Trinajstić information content (AvgIpc) is 3.76. The third kappa shape index (κ3) is 6.63. The zero-order valence-electron chi connectivity index (χ0n) is 34.0. The van der Waals surface area contributed by atoms with E-state index >= 15 is 0 Å². The molecule has 12 rings (SSSR count). The molecule has 9 aromatic carbocycles. The van der Waals surface area contributed by atoms with Crippen molar-refractivity contribution >= 4 is 53.2 Å². The Hall–Kier alpha value is -8.12. The second-order valence-corrected chi connectivity index (χ2v) is 16.8. The van der Waals surface area contributed by atoms with Crippen molar-refractivity contribution in [2.75, 3.05) is 0 Å². The van der Waals surface area contributed by atoms with Crippen molar-refractivity contribution in [3.8, 4) is 78.8 Å². The summed E-state index contributed by atoms with van der Waals surface area (Å²) in [7, 11) is 0. The number of nitrogens with zero attached hydrogens (tertiary/aromatic N) is 4. The summed E-state index contributed by atoms with van der Waals surface area (Å²) in [5.74, 6) is 1.90. The normalized spacial score (nSPS) is 11.5. The Bertz CT molecular complexity index is 3660. The summed E-state index contributed by atoms with van der Waals surface area (Å²) in [4.78, 5) is 20.4. The van der Waals surface area contributed by atoms with E-state index < -0.39 is 0 Å². The van der Waals surface area contributed by atoms with Gasteiger partial charge in [0.05, 0.1) is 11.2 Å². The number of hydrogen-bond acceptors (Lipinski definition) is 5. The maximum Gasteiger partial charge on any atom is 0.164 e. The van der Waals surface area contributed by atoms with E-state index in [2.05, 4.69) is 182 Å². The van der Waals surface area contributed by atoms with Gasteiger partial charge in [-0.1, -0.05) is 200 Å². The topological polar surface area (TPSA) is 51.6 Å². The number of benzene rings is 9. The van der Waals surface area contributed by atoms with Crippen LogP contribution in [0.5, 0.6) is 0 Å². The van der Waals surface area contributed by atoms with Gasteiger partial charge in [-0.15, -0.1) is 11.3 Å². The van der Waals surface area contributed by atoms with Gasteiger partial charge < -0.3 is 0 Å². The van der Waals surface area contributed by atoms with Crippen LogP contribution in [0.3, 0.4) is 0 Å². The number of pyridine rings is 1. The molecular formula is C58H36N4S. The fraction of sp³-hybridized carbons (Fsp3) is 0. The Morgan fingerprint density at radius 3 is 1.52 bits per heavy atom. The fourth-order valence-corrected chi connectivity index (χ4v) is 10.1. The van der Waals surface area contributed by atoms with Gasteiger partial charge in [-0.25, -0.2) is 19.9 Å². The van der Waals surface area contributed by atoms with Gasteiger partial charge in [-0.2, -0.15) is 0 Å². The zero-order chi connectivity index (χ0) is 41.7. The summed E-state index contributed by atoms with van der Waals surface area (Å²) < 4.78 is 2.60. The predicted octanol–water partition coefficient (Wildman–Crippen LogP) is 15.6. The molecule has 12 aromatic rings. The number of aromatic nitrogens is 4. The molecule has 0 unspecified atom stereocenters. The van der Waals surface area contributed by atoms with Crippen LogP contribution < -0.4 is 0 Å². The predicted molar refractivity (Wildman–Crippen MR) is 264 cm³/mol. The van der Waals surface area contributed by atoms with E-state index in [1.807, 2.05) is 47.7 Å². The third-order valence-electron chi connectivity index (χ3n) is 11.9. The number of para-hydroxylation sites is 1. The molecule has 63 heavy (non-hydrogen) atoms. The lowest BCUT2D eigenvalue weighted by Crippen LogP contribution is -2.00. The molecule has 5 heteroatoms. The van der Waals surface area contributed by atoms with Gasteiger partial charge in [0.1, 0.15) is 0 Å². The third-order valence-corrected chi connectivity index (χ3v) is 13.2. The first-order chi connectivity index (χ1) is 31.2. The minimum atomic E-state index is 0.627. The number of fused-ring (bicyclic) bond motifs is 6. The highest BCUT2D eigenvalue weighted by Crippen LogP contribution is 2.41. The maximum atomic E-state index is 5.16. The standard InChI is InChI=1S/C58H36N4S/c1-3-14-40(15-4-1)54-50-25-12-22-45(53(50)49-21-7-9-26-51(49)59-54)38-30-28-37(29-31-38)43-18-11-19-44(36-43)58-61-56(41-16-5-2-6-17-41)60-57(62-58)42-34-32-39(33-35-42)46-23-13-24-48-47-20-8-10-27-52(47)63-55(46)48/h1-36H. The zero-order valence-corrected chi connectivity index (χ0v) is 34.8. The molecule has 0 aliphatic rings. The summed E-state index contributed by atoms with van der Waals surface area (Å²) in [6.45, 7) is 0. The Morgan fingerprint density at radius 1 is 0.286 bits per heavy atom. The Kier molecular flexibility index (Phi) is 8.98. The van der Waals surface area contributed by atoms with Crippen LogP contribution in [0, 0.1) is 0 Å². The van der Waals surface area contributed by atoms with Gasteiger partial charge in [0.25, 0.3) is 0 Å². The summed E-state index contributed by atoms with van der Waals surface area (Å²) in [6.07, 6.45) is 0. The molecule has 0 N–H and O–H groups in total. The highest BCUT2D eigenvalue weighted by molar-refractivity contribution is 7.26. The second-order valence-electron chi connectivity index (χ2n) is 15.8. The highest BCUT2D eigenvalue weighted by atomic mass is 32.1. The van der Waals surface area contributed by atoms with E-state index in [1.54, 1.807) is 0 Å². The lowest BCUT2D eigenvalue weighted by molar-refractivity contribution is 1.07. The monoisotopic (exact) mass is 820 g/mol.